The number of ether oxygens (including phenoxy) is 1. The monoisotopic (exact) mass is 423 g/mol. The van der Waals surface area contributed by atoms with Gasteiger partial charge in [-0.15, -0.1) is 13.2 Å². The quantitative estimate of drug-likeness (QED) is 0.552. The summed E-state index contributed by atoms with van der Waals surface area (Å²) in [5, 5.41) is 2.49. The molecule has 160 valence electrons. The molecule has 1 heterocycles. The van der Waals surface area contributed by atoms with Gasteiger partial charge in [0.2, 0.25) is 5.91 Å². The lowest BCUT2D eigenvalue weighted by Crippen LogP contribution is -2.29. The van der Waals surface area contributed by atoms with E-state index in [0.29, 0.717) is 16.8 Å². The van der Waals surface area contributed by atoms with Crippen LogP contribution in [0.1, 0.15) is 29.1 Å². The minimum atomic E-state index is -4.78. The van der Waals surface area contributed by atoms with Gasteiger partial charge in [-0.25, -0.2) is 9.97 Å². The Bertz CT molecular complexity index is 961. The second-order valence-electron chi connectivity index (χ2n) is 6.23. The summed E-state index contributed by atoms with van der Waals surface area (Å²) >= 11 is 0. The molecule has 0 fully saturated rings. The highest BCUT2D eigenvalue weighted by Crippen LogP contribution is 2.24. The van der Waals surface area contributed by atoms with Crippen molar-refractivity contribution in [1.82, 2.24) is 15.3 Å². The maximum Gasteiger partial charge on any atom is 0.573 e. The number of alkyl halides is 3. The lowest BCUT2D eigenvalue weighted by atomic mass is 10.0. The number of nitrogens with two attached hydrogens (primary N) is 2. The van der Waals surface area contributed by atoms with E-state index in [1.807, 2.05) is 0 Å². The van der Waals surface area contributed by atoms with Crippen LogP contribution in [0.5, 0.6) is 5.75 Å². The summed E-state index contributed by atoms with van der Waals surface area (Å²) in [6, 6.07) is 5.58. The van der Waals surface area contributed by atoms with Crippen molar-refractivity contribution < 1.29 is 27.5 Å². The molecule has 30 heavy (non-hydrogen) atoms. The molecule has 1 aromatic heterocycles. The Morgan fingerprint density at radius 1 is 1.30 bits per heavy atom. The standard InChI is InChI=1S/C19H20F3N5O3/c1-11-13(7-12-3-2-4-14(8-12)30-19(20,21)22)10-26-17(27-11)15(9-23)18(29)25-6-5-16(24)28/h2-4,8-10H,5-7,23H2,1H3,(H2,24,28)(H,25,29)/b15-9+. The summed E-state index contributed by atoms with van der Waals surface area (Å²) < 4.78 is 41.1. The van der Waals surface area contributed by atoms with Crippen LogP contribution in [0.3, 0.4) is 0 Å². The molecule has 8 nitrogen and oxygen atoms in total. The molecule has 0 aliphatic heterocycles. The molecule has 0 spiro atoms. The highest BCUT2D eigenvalue weighted by atomic mass is 19.4. The predicted octanol–water partition coefficient (Wildman–Crippen LogP) is 1.57. The fraction of sp³-hybridized carbons (Fsp3) is 0.263. The lowest BCUT2D eigenvalue weighted by molar-refractivity contribution is -0.274. The van der Waals surface area contributed by atoms with Gasteiger partial charge in [0.1, 0.15) is 5.75 Å². The number of carbonyl (C=O) groups is 2. The first-order chi connectivity index (χ1) is 14.1. The second-order valence-corrected chi connectivity index (χ2v) is 6.23. The number of benzene rings is 1. The topological polar surface area (TPSA) is 133 Å². The molecule has 0 aliphatic rings. The van der Waals surface area contributed by atoms with Crippen molar-refractivity contribution in [2.45, 2.75) is 26.1 Å². The number of nitrogens with one attached hydrogen (secondary N) is 1. The molecule has 0 unspecified atom stereocenters. The number of rotatable bonds is 8. The van der Waals surface area contributed by atoms with Gasteiger partial charge in [0.05, 0.1) is 5.57 Å². The van der Waals surface area contributed by atoms with Crippen molar-refractivity contribution in [2.75, 3.05) is 6.54 Å². The van der Waals surface area contributed by atoms with Crippen LogP contribution in [0.25, 0.3) is 5.57 Å². The van der Waals surface area contributed by atoms with Gasteiger partial charge in [-0.2, -0.15) is 0 Å². The molecule has 0 aliphatic carbocycles. The largest absolute Gasteiger partial charge is 0.573 e. The Kier molecular flexibility index (Phi) is 7.34. The number of amides is 2. The van der Waals surface area contributed by atoms with Crippen molar-refractivity contribution in [3.63, 3.8) is 0 Å². The average Bonchev–Trinajstić information content (AvgIpc) is 2.63. The van der Waals surface area contributed by atoms with E-state index in [1.165, 1.54) is 24.4 Å². The van der Waals surface area contributed by atoms with Crippen LogP contribution in [-0.4, -0.2) is 34.7 Å². The van der Waals surface area contributed by atoms with Gasteiger partial charge < -0.3 is 21.5 Å². The Labute approximate surface area is 170 Å². The van der Waals surface area contributed by atoms with Crippen molar-refractivity contribution in [3.05, 3.63) is 59.3 Å². The zero-order valence-corrected chi connectivity index (χ0v) is 16.0. The molecule has 11 heteroatoms. The van der Waals surface area contributed by atoms with Crippen LogP contribution < -0.4 is 21.5 Å². The minimum absolute atomic E-state index is 0.00898. The summed E-state index contributed by atoms with van der Waals surface area (Å²) in [4.78, 5) is 31.3. The number of primary amides is 1. The Hall–Kier alpha value is -3.63. The Morgan fingerprint density at radius 3 is 2.63 bits per heavy atom. The van der Waals surface area contributed by atoms with Gasteiger partial charge in [0.25, 0.3) is 5.91 Å². The number of aromatic nitrogens is 2. The first-order valence-electron chi connectivity index (χ1n) is 8.75. The van der Waals surface area contributed by atoms with E-state index >= 15 is 0 Å². The van der Waals surface area contributed by atoms with Crippen LogP contribution in [0.4, 0.5) is 13.2 Å². The van der Waals surface area contributed by atoms with Gasteiger partial charge in [0, 0.05) is 37.5 Å². The molecule has 0 saturated carbocycles. The number of hydrogen-bond acceptors (Lipinski definition) is 6. The van der Waals surface area contributed by atoms with Crippen LogP contribution in [-0.2, 0) is 16.0 Å². The normalized spacial score (nSPS) is 11.8. The molecule has 2 aromatic rings. The summed E-state index contributed by atoms with van der Waals surface area (Å²) in [6.45, 7) is 1.72. The summed E-state index contributed by atoms with van der Waals surface area (Å²) in [6.07, 6.45) is -2.03. The van der Waals surface area contributed by atoms with E-state index in [-0.39, 0.29) is 36.5 Å². The highest BCUT2D eigenvalue weighted by Gasteiger charge is 2.31. The van der Waals surface area contributed by atoms with Crippen LogP contribution in [0.15, 0.2) is 36.7 Å². The fourth-order valence-electron chi connectivity index (χ4n) is 2.51. The van der Waals surface area contributed by atoms with Crippen LogP contribution in [0, 0.1) is 6.92 Å². The number of halogens is 3. The number of aryl methyl sites for hydroxylation is 1. The molecule has 0 saturated heterocycles. The Balaban J connectivity index is 2.14. The Morgan fingerprint density at radius 2 is 2.03 bits per heavy atom. The fourth-order valence-corrected chi connectivity index (χ4v) is 2.51. The molecule has 2 rings (SSSR count). The number of carbonyl (C=O) groups excluding carboxylic acids is 2. The van der Waals surface area contributed by atoms with Crippen molar-refractivity contribution in [1.29, 1.82) is 0 Å². The third-order valence-electron chi connectivity index (χ3n) is 3.92. The van der Waals surface area contributed by atoms with E-state index in [1.54, 1.807) is 13.0 Å². The lowest BCUT2D eigenvalue weighted by Gasteiger charge is -2.12. The van der Waals surface area contributed by atoms with Crippen LogP contribution in [0.2, 0.25) is 0 Å². The van der Waals surface area contributed by atoms with Gasteiger partial charge in [0.15, 0.2) is 5.82 Å². The second kappa shape index (κ2) is 9.72. The van der Waals surface area contributed by atoms with Gasteiger partial charge in [-0.05, 0) is 30.2 Å². The summed E-state index contributed by atoms with van der Waals surface area (Å²) in [7, 11) is 0. The molecular formula is C19H20F3N5O3. The molecule has 2 amide bonds. The van der Waals surface area contributed by atoms with Gasteiger partial charge in [-0.1, -0.05) is 12.1 Å². The van der Waals surface area contributed by atoms with Gasteiger partial charge >= 0.3 is 6.36 Å². The molecule has 1 aromatic carbocycles. The smallest absolute Gasteiger partial charge is 0.406 e. The van der Waals surface area contributed by atoms with Crippen molar-refractivity contribution in [2.24, 2.45) is 11.5 Å². The maximum atomic E-state index is 12.4. The highest BCUT2D eigenvalue weighted by molar-refractivity contribution is 6.18. The van der Waals surface area contributed by atoms with E-state index < -0.39 is 18.2 Å². The number of hydrogen-bond donors (Lipinski definition) is 3. The summed E-state index contributed by atoms with van der Waals surface area (Å²) in [5.74, 6) is -1.38. The predicted molar refractivity (Wildman–Crippen MR) is 102 cm³/mol. The van der Waals surface area contributed by atoms with Crippen LogP contribution >= 0.6 is 0 Å². The van der Waals surface area contributed by atoms with E-state index in [4.69, 9.17) is 11.5 Å². The van der Waals surface area contributed by atoms with Crippen molar-refractivity contribution in [3.8, 4) is 5.75 Å². The zero-order chi connectivity index (χ0) is 22.3. The third-order valence-corrected chi connectivity index (χ3v) is 3.92. The molecule has 0 atom stereocenters. The molecular weight excluding hydrogens is 403 g/mol. The van der Waals surface area contributed by atoms with E-state index in [9.17, 15) is 22.8 Å². The first kappa shape index (κ1) is 22.7. The SMILES string of the molecule is Cc1nc(/C(=C\N)C(=O)NCCC(N)=O)ncc1Cc1cccc(OC(F)(F)F)c1. The first-order valence-corrected chi connectivity index (χ1v) is 8.75. The van der Waals surface area contributed by atoms with E-state index in [2.05, 4.69) is 20.0 Å². The molecule has 0 radical (unpaired) electrons. The van der Waals surface area contributed by atoms with Gasteiger partial charge in [-0.3, -0.25) is 9.59 Å². The van der Waals surface area contributed by atoms with E-state index in [0.717, 1.165) is 6.20 Å². The molecule has 0 bridgehead atoms. The summed E-state index contributed by atoms with van der Waals surface area (Å²) in [5.41, 5.74) is 12.3. The average molecular weight is 423 g/mol. The molecule has 5 N–H and O–H groups in total. The third kappa shape index (κ3) is 6.76. The maximum absolute atomic E-state index is 12.4. The minimum Gasteiger partial charge on any atom is -0.406 e. The zero-order valence-electron chi connectivity index (χ0n) is 16.0. The van der Waals surface area contributed by atoms with Crippen molar-refractivity contribution >= 4 is 17.4 Å². The number of nitrogens with zero attached hydrogens (tertiary/aromatic N) is 2.